The van der Waals surface area contributed by atoms with Gasteiger partial charge in [-0.3, -0.25) is 5.10 Å². The van der Waals surface area contributed by atoms with Crippen molar-refractivity contribution >= 4 is 10.9 Å². The van der Waals surface area contributed by atoms with Crippen LogP contribution in [0.4, 0.5) is 0 Å². The molecular weight excluding hydrogens is 204 g/mol. The van der Waals surface area contributed by atoms with Crippen LogP contribution in [0.15, 0.2) is 24.4 Å². The van der Waals surface area contributed by atoms with Crippen molar-refractivity contribution in [3.63, 3.8) is 0 Å². The first-order valence-electron chi connectivity index (χ1n) is 5.59. The van der Waals surface area contributed by atoms with E-state index < -0.39 is 0 Å². The fourth-order valence-corrected chi connectivity index (χ4v) is 2.21. The first-order valence-corrected chi connectivity index (χ1v) is 5.59. The van der Waals surface area contributed by atoms with Gasteiger partial charge in [0, 0.05) is 11.8 Å². The summed E-state index contributed by atoms with van der Waals surface area (Å²) in [7, 11) is 0. The number of hydrogen-bond donors (Lipinski definition) is 2. The van der Waals surface area contributed by atoms with E-state index in [0.717, 1.165) is 35.9 Å². The summed E-state index contributed by atoms with van der Waals surface area (Å²) in [6.45, 7) is 0. The summed E-state index contributed by atoms with van der Waals surface area (Å²) in [4.78, 5) is 0. The number of fused-ring (bicyclic) bond motifs is 1. The minimum absolute atomic E-state index is 0.152. The molecule has 2 N–H and O–H groups in total. The van der Waals surface area contributed by atoms with Crippen LogP contribution >= 0.6 is 0 Å². The van der Waals surface area contributed by atoms with Gasteiger partial charge in [-0.15, -0.1) is 0 Å². The van der Waals surface area contributed by atoms with Crippen LogP contribution in [-0.4, -0.2) is 27.5 Å². The molecule has 2 atom stereocenters. The Balaban J connectivity index is 1.78. The van der Waals surface area contributed by atoms with E-state index in [-0.39, 0.29) is 12.2 Å². The molecule has 1 aliphatic rings. The molecule has 1 fully saturated rings. The predicted molar refractivity (Wildman–Crippen MR) is 60.4 cm³/mol. The Labute approximate surface area is 93.2 Å². The van der Waals surface area contributed by atoms with Crippen molar-refractivity contribution in [1.82, 2.24) is 10.2 Å². The van der Waals surface area contributed by atoms with Crippen LogP contribution in [0.5, 0.6) is 5.75 Å². The van der Waals surface area contributed by atoms with Crippen molar-refractivity contribution in [2.45, 2.75) is 31.5 Å². The summed E-state index contributed by atoms with van der Waals surface area (Å²) in [6.07, 6.45) is 4.26. The van der Waals surface area contributed by atoms with Crippen molar-refractivity contribution in [2.75, 3.05) is 0 Å². The molecule has 1 heterocycles. The summed E-state index contributed by atoms with van der Waals surface area (Å²) >= 11 is 0. The quantitative estimate of drug-likeness (QED) is 0.808. The Bertz CT molecular complexity index is 494. The number of aliphatic hydroxyl groups is 1. The third-order valence-electron chi connectivity index (χ3n) is 3.07. The van der Waals surface area contributed by atoms with Crippen LogP contribution in [0.3, 0.4) is 0 Å². The van der Waals surface area contributed by atoms with Gasteiger partial charge in [-0.25, -0.2) is 0 Å². The number of aromatic nitrogens is 2. The average molecular weight is 218 g/mol. The van der Waals surface area contributed by atoms with E-state index >= 15 is 0 Å². The van der Waals surface area contributed by atoms with Gasteiger partial charge in [-0.1, -0.05) is 0 Å². The van der Waals surface area contributed by atoms with Gasteiger partial charge in [-0.2, -0.15) is 5.10 Å². The van der Waals surface area contributed by atoms with Crippen LogP contribution in [-0.2, 0) is 0 Å². The standard InChI is InChI=1S/C12H14N2O2/c15-9-1-2-11(6-9)16-10-3-4-12-8(5-10)7-13-14-12/h3-5,7,9,11,15H,1-2,6H2,(H,13,14)/t9-,11+/m1/s1. The molecule has 0 radical (unpaired) electrons. The van der Waals surface area contributed by atoms with E-state index in [4.69, 9.17) is 4.74 Å². The number of nitrogens with zero attached hydrogens (tertiary/aromatic N) is 1. The molecule has 1 aromatic heterocycles. The smallest absolute Gasteiger partial charge is 0.120 e. The molecule has 84 valence electrons. The molecule has 1 saturated carbocycles. The van der Waals surface area contributed by atoms with E-state index in [1.165, 1.54) is 0 Å². The zero-order valence-corrected chi connectivity index (χ0v) is 8.89. The molecule has 0 spiro atoms. The maximum absolute atomic E-state index is 9.42. The van der Waals surface area contributed by atoms with E-state index in [0.29, 0.717) is 0 Å². The van der Waals surface area contributed by atoms with Crippen LogP contribution < -0.4 is 4.74 Å². The van der Waals surface area contributed by atoms with Crippen LogP contribution in [0.1, 0.15) is 19.3 Å². The summed E-state index contributed by atoms with van der Waals surface area (Å²) < 4.78 is 5.82. The Morgan fingerprint density at radius 2 is 2.31 bits per heavy atom. The molecule has 4 heteroatoms. The lowest BCUT2D eigenvalue weighted by atomic mass is 10.2. The van der Waals surface area contributed by atoms with Crippen molar-refractivity contribution in [3.05, 3.63) is 24.4 Å². The Morgan fingerprint density at radius 1 is 1.38 bits per heavy atom. The normalized spacial score (nSPS) is 25.1. The van der Waals surface area contributed by atoms with E-state index in [9.17, 15) is 5.11 Å². The molecule has 1 aromatic carbocycles. The highest BCUT2D eigenvalue weighted by molar-refractivity contribution is 5.79. The predicted octanol–water partition coefficient (Wildman–Crippen LogP) is 1.86. The maximum atomic E-state index is 9.42. The van der Waals surface area contributed by atoms with Gasteiger partial charge in [0.15, 0.2) is 0 Å². The van der Waals surface area contributed by atoms with Gasteiger partial charge >= 0.3 is 0 Å². The van der Waals surface area contributed by atoms with Crippen molar-refractivity contribution < 1.29 is 9.84 Å². The molecule has 0 bridgehead atoms. The highest BCUT2D eigenvalue weighted by Gasteiger charge is 2.24. The van der Waals surface area contributed by atoms with Crippen molar-refractivity contribution in [1.29, 1.82) is 0 Å². The number of aliphatic hydroxyl groups excluding tert-OH is 1. The molecule has 2 aromatic rings. The van der Waals surface area contributed by atoms with Gasteiger partial charge < -0.3 is 9.84 Å². The van der Waals surface area contributed by atoms with Crippen LogP contribution in [0.25, 0.3) is 10.9 Å². The topological polar surface area (TPSA) is 58.1 Å². The van der Waals surface area contributed by atoms with Gasteiger partial charge in [-0.05, 0) is 31.0 Å². The first kappa shape index (κ1) is 9.66. The lowest BCUT2D eigenvalue weighted by molar-refractivity contribution is 0.150. The first-order chi connectivity index (χ1) is 7.81. The zero-order chi connectivity index (χ0) is 11.0. The number of ether oxygens (including phenoxy) is 1. The van der Waals surface area contributed by atoms with Crippen LogP contribution in [0, 0.1) is 0 Å². The lowest BCUT2D eigenvalue weighted by Gasteiger charge is -2.12. The summed E-state index contributed by atoms with van der Waals surface area (Å²) in [6, 6.07) is 5.87. The zero-order valence-electron chi connectivity index (χ0n) is 8.89. The third kappa shape index (κ3) is 1.76. The molecule has 16 heavy (non-hydrogen) atoms. The number of aromatic amines is 1. The van der Waals surface area contributed by atoms with E-state index in [1.54, 1.807) is 6.20 Å². The van der Waals surface area contributed by atoms with Crippen LogP contribution in [0.2, 0.25) is 0 Å². The van der Waals surface area contributed by atoms with Gasteiger partial charge in [0.1, 0.15) is 11.9 Å². The molecule has 0 aliphatic heterocycles. The van der Waals surface area contributed by atoms with Crippen molar-refractivity contribution in [3.8, 4) is 5.75 Å². The second-order valence-electron chi connectivity index (χ2n) is 4.33. The van der Waals surface area contributed by atoms with Gasteiger partial charge in [0.2, 0.25) is 0 Å². The highest BCUT2D eigenvalue weighted by atomic mass is 16.5. The summed E-state index contributed by atoms with van der Waals surface area (Å²) in [5.41, 5.74) is 1.01. The minimum Gasteiger partial charge on any atom is -0.490 e. The van der Waals surface area contributed by atoms with E-state index in [1.807, 2.05) is 18.2 Å². The number of benzene rings is 1. The Morgan fingerprint density at radius 3 is 3.12 bits per heavy atom. The second-order valence-corrected chi connectivity index (χ2v) is 4.33. The van der Waals surface area contributed by atoms with Gasteiger partial charge in [0.25, 0.3) is 0 Å². The van der Waals surface area contributed by atoms with Gasteiger partial charge in [0.05, 0.1) is 17.8 Å². The maximum Gasteiger partial charge on any atom is 0.120 e. The average Bonchev–Trinajstić information content (AvgIpc) is 2.87. The molecular formula is C12H14N2O2. The summed E-state index contributed by atoms with van der Waals surface area (Å²) in [5, 5.41) is 17.3. The number of nitrogens with one attached hydrogen (secondary N) is 1. The van der Waals surface area contributed by atoms with Crippen molar-refractivity contribution in [2.24, 2.45) is 0 Å². The molecule has 0 amide bonds. The Kier molecular flexibility index (Phi) is 2.29. The summed E-state index contributed by atoms with van der Waals surface area (Å²) in [5.74, 6) is 0.855. The van der Waals surface area contributed by atoms with E-state index in [2.05, 4.69) is 10.2 Å². The SMILES string of the molecule is O[C@@H]1CC[C@H](Oc2ccc3[nH]ncc3c2)C1. The minimum atomic E-state index is -0.192. The fourth-order valence-electron chi connectivity index (χ4n) is 2.21. The Hall–Kier alpha value is -1.55. The monoisotopic (exact) mass is 218 g/mol. The molecule has 0 unspecified atom stereocenters. The largest absolute Gasteiger partial charge is 0.490 e. The molecule has 1 aliphatic carbocycles. The highest BCUT2D eigenvalue weighted by Crippen LogP contribution is 2.26. The number of hydrogen-bond acceptors (Lipinski definition) is 3. The second kappa shape index (κ2) is 3.79. The molecule has 4 nitrogen and oxygen atoms in total. The number of H-pyrrole nitrogens is 1. The fraction of sp³-hybridized carbons (Fsp3) is 0.417. The third-order valence-corrected chi connectivity index (χ3v) is 3.07. The molecule has 0 saturated heterocycles. The lowest BCUT2D eigenvalue weighted by Crippen LogP contribution is -2.13. The molecule has 3 rings (SSSR count). The number of rotatable bonds is 2.